The first-order valence-corrected chi connectivity index (χ1v) is 5.01. The van der Waals surface area contributed by atoms with Gasteiger partial charge in [-0.3, -0.25) is 4.98 Å². The molecule has 0 aliphatic rings. The van der Waals surface area contributed by atoms with Crippen LogP contribution < -0.4 is 0 Å². The van der Waals surface area contributed by atoms with E-state index >= 15 is 0 Å². The number of hydrogen-bond acceptors (Lipinski definition) is 6. The maximum absolute atomic E-state index is 11.3. The van der Waals surface area contributed by atoms with Crippen LogP contribution >= 0.6 is 0 Å². The number of aromatic nitrogens is 1. The number of pyridine rings is 1. The van der Waals surface area contributed by atoms with Crippen LogP contribution in [0.4, 0.5) is 0 Å². The van der Waals surface area contributed by atoms with Gasteiger partial charge in [0.05, 0.1) is 31.0 Å². The molecule has 0 bridgehead atoms. The second-order valence-corrected chi connectivity index (χ2v) is 3.39. The Kier molecular flexibility index (Phi) is 5.06. The normalized spacial score (nSPS) is 13.3. The van der Waals surface area contributed by atoms with Gasteiger partial charge in [0.2, 0.25) is 0 Å². The van der Waals surface area contributed by atoms with Crippen molar-refractivity contribution in [3.63, 3.8) is 0 Å². The van der Waals surface area contributed by atoms with Gasteiger partial charge in [-0.15, -0.1) is 0 Å². The molecule has 1 aromatic rings. The average Bonchev–Trinajstić information content (AvgIpc) is 2.43. The van der Waals surface area contributed by atoms with Crippen LogP contribution in [0.1, 0.15) is 22.2 Å². The van der Waals surface area contributed by atoms with E-state index in [0.717, 1.165) is 0 Å². The van der Waals surface area contributed by atoms with Crippen molar-refractivity contribution in [3.05, 3.63) is 40.0 Å². The molecule has 96 valence electrons. The molecule has 2 unspecified atom stereocenters. The van der Waals surface area contributed by atoms with Crippen LogP contribution in [-0.4, -0.2) is 40.9 Å². The standard InChI is InChI=1S/C10H12N4O4/c1-18-10(17)6-2-3-12-7(4-6)9(16)8(15)5-13-14-11/h2-4,8-9,15-16H,5H2,1H3. The van der Waals surface area contributed by atoms with E-state index in [2.05, 4.69) is 19.7 Å². The van der Waals surface area contributed by atoms with E-state index < -0.39 is 18.2 Å². The van der Waals surface area contributed by atoms with Crippen LogP contribution in [0.5, 0.6) is 0 Å². The molecule has 0 fully saturated rings. The zero-order valence-electron chi connectivity index (χ0n) is 9.59. The lowest BCUT2D eigenvalue weighted by atomic mass is 10.1. The number of carbonyl (C=O) groups is 1. The largest absolute Gasteiger partial charge is 0.465 e. The Morgan fingerprint density at radius 1 is 1.67 bits per heavy atom. The number of rotatable bonds is 5. The van der Waals surface area contributed by atoms with Gasteiger partial charge in [-0.05, 0) is 17.7 Å². The highest BCUT2D eigenvalue weighted by Gasteiger charge is 2.20. The molecule has 2 atom stereocenters. The number of azide groups is 1. The fourth-order valence-corrected chi connectivity index (χ4v) is 1.27. The second kappa shape index (κ2) is 6.55. The van der Waals surface area contributed by atoms with Crippen LogP contribution in [0.2, 0.25) is 0 Å². The zero-order chi connectivity index (χ0) is 13.5. The van der Waals surface area contributed by atoms with Crippen LogP contribution in [-0.2, 0) is 4.74 Å². The lowest BCUT2D eigenvalue weighted by Gasteiger charge is -2.15. The summed E-state index contributed by atoms with van der Waals surface area (Å²) in [6.07, 6.45) is -1.33. The average molecular weight is 252 g/mol. The van der Waals surface area contributed by atoms with Crippen molar-refractivity contribution in [2.75, 3.05) is 13.7 Å². The minimum Gasteiger partial charge on any atom is -0.465 e. The van der Waals surface area contributed by atoms with Crippen molar-refractivity contribution in [1.82, 2.24) is 4.98 Å². The Balaban J connectivity index is 2.88. The number of hydrogen-bond donors (Lipinski definition) is 2. The van der Waals surface area contributed by atoms with Gasteiger partial charge in [0.25, 0.3) is 0 Å². The summed E-state index contributed by atoms with van der Waals surface area (Å²) in [6, 6.07) is 2.72. The second-order valence-electron chi connectivity index (χ2n) is 3.39. The van der Waals surface area contributed by atoms with Gasteiger partial charge in [0, 0.05) is 11.1 Å². The number of methoxy groups -OCH3 is 1. The first kappa shape index (κ1) is 13.9. The molecular formula is C10H12N4O4. The highest BCUT2D eigenvalue weighted by Crippen LogP contribution is 2.16. The predicted octanol–water partition coefficient (Wildman–Crippen LogP) is 0.573. The number of ether oxygens (including phenoxy) is 1. The molecule has 0 saturated heterocycles. The van der Waals surface area contributed by atoms with E-state index in [4.69, 9.17) is 5.53 Å². The molecule has 0 spiro atoms. The van der Waals surface area contributed by atoms with Crippen LogP contribution in [0.25, 0.3) is 10.4 Å². The van der Waals surface area contributed by atoms with Gasteiger partial charge < -0.3 is 14.9 Å². The third kappa shape index (κ3) is 3.42. The summed E-state index contributed by atoms with van der Waals surface area (Å²) in [4.78, 5) is 17.6. The van der Waals surface area contributed by atoms with Crippen LogP contribution in [0.15, 0.2) is 23.4 Å². The van der Waals surface area contributed by atoms with Gasteiger partial charge >= 0.3 is 5.97 Å². The van der Waals surface area contributed by atoms with Gasteiger partial charge in [-0.1, -0.05) is 5.11 Å². The summed E-state index contributed by atoms with van der Waals surface area (Å²) >= 11 is 0. The lowest BCUT2D eigenvalue weighted by molar-refractivity contribution is 0.0216. The smallest absolute Gasteiger partial charge is 0.337 e. The van der Waals surface area contributed by atoms with E-state index in [1.165, 1.54) is 25.4 Å². The van der Waals surface area contributed by atoms with E-state index in [-0.39, 0.29) is 17.8 Å². The quantitative estimate of drug-likeness (QED) is 0.342. The van der Waals surface area contributed by atoms with E-state index in [0.29, 0.717) is 0 Å². The Hall–Kier alpha value is -2.15. The van der Waals surface area contributed by atoms with Crippen molar-refractivity contribution < 1.29 is 19.7 Å². The summed E-state index contributed by atoms with van der Waals surface area (Å²) in [5.41, 5.74) is 8.41. The Labute approximate surface area is 102 Å². The number of aliphatic hydroxyl groups excluding tert-OH is 2. The molecule has 0 aromatic carbocycles. The Morgan fingerprint density at radius 3 is 3.00 bits per heavy atom. The van der Waals surface area contributed by atoms with Crippen LogP contribution in [0, 0.1) is 0 Å². The molecule has 1 rings (SSSR count). The number of carbonyl (C=O) groups excluding carboxylic acids is 1. The molecule has 0 amide bonds. The lowest BCUT2D eigenvalue weighted by Crippen LogP contribution is -2.22. The summed E-state index contributed by atoms with van der Waals surface area (Å²) in [5.74, 6) is -0.574. The Bertz CT molecular complexity index is 473. The van der Waals surface area contributed by atoms with Gasteiger partial charge in [0.1, 0.15) is 6.10 Å². The molecule has 1 aromatic heterocycles. The van der Waals surface area contributed by atoms with E-state index in [9.17, 15) is 15.0 Å². The molecule has 8 nitrogen and oxygen atoms in total. The topological polar surface area (TPSA) is 128 Å². The highest BCUT2D eigenvalue weighted by atomic mass is 16.5. The van der Waals surface area contributed by atoms with Gasteiger partial charge in [-0.2, -0.15) is 0 Å². The molecule has 0 aliphatic heterocycles. The molecule has 0 radical (unpaired) electrons. The van der Waals surface area contributed by atoms with Crippen molar-refractivity contribution in [2.45, 2.75) is 12.2 Å². The van der Waals surface area contributed by atoms with Crippen molar-refractivity contribution >= 4 is 5.97 Å². The molecule has 1 heterocycles. The molecule has 0 saturated carbocycles. The molecule has 8 heteroatoms. The number of aliphatic hydroxyl groups is 2. The maximum Gasteiger partial charge on any atom is 0.337 e. The summed E-state index contributed by atoms with van der Waals surface area (Å²) in [6.45, 7) is -0.290. The van der Waals surface area contributed by atoms with E-state index in [1.54, 1.807) is 0 Å². The van der Waals surface area contributed by atoms with Crippen molar-refractivity contribution in [1.29, 1.82) is 0 Å². The monoisotopic (exact) mass is 252 g/mol. The molecular weight excluding hydrogens is 240 g/mol. The van der Waals surface area contributed by atoms with Crippen molar-refractivity contribution in [3.8, 4) is 0 Å². The summed E-state index contributed by atoms with van der Waals surface area (Å²) in [5, 5.41) is 22.4. The first-order valence-electron chi connectivity index (χ1n) is 5.01. The molecule has 0 aliphatic carbocycles. The first-order chi connectivity index (χ1) is 8.60. The zero-order valence-corrected chi connectivity index (χ0v) is 9.59. The minimum absolute atomic E-state index is 0.0959. The predicted molar refractivity (Wildman–Crippen MR) is 60.6 cm³/mol. The third-order valence-corrected chi connectivity index (χ3v) is 2.20. The molecule has 2 N–H and O–H groups in total. The fraction of sp³-hybridized carbons (Fsp3) is 0.400. The van der Waals surface area contributed by atoms with Crippen molar-refractivity contribution in [2.24, 2.45) is 5.11 Å². The highest BCUT2D eigenvalue weighted by molar-refractivity contribution is 5.89. The fourth-order valence-electron chi connectivity index (χ4n) is 1.27. The summed E-state index contributed by atoms with van der Waals surface area (Å²) < 4.78 is 4.52. The number of nitrogens with zero attached hydrogens (tertiary/aromatic N) is 4. The van der Waals surface area contributed by atoms with Gasteiger partial charge in [0.15, 0.2) is 0 Å². The summed E-state index contributed by atoms with van der Waals surface area (Å²) in [7, 11) is 1.23. The Morgan fingerprint density at radius 2 is 2.39 bits per heavy atom. The van der Waals surface area contributed by atoms with E-state index in [1.807, 2.05) is 0 Å². The number of esters is 1. The molecule has 18 heavy (non-hydrogen) atoms. The minimum atomic E-state index is -1.35. The maximum atomic E-state index is 11.3. The van der Waals surface area contributed by atoms with Gasteiger partial charge in [-0.25, -0.2) is 4.79 Å². The SMILES string of the molecule is COC(=O)c1ccnc(C(O)C(O)CN=[N+]=[N-])c1. The van der Waals surface area contributed by atoms with Crippen LogP contribution in [0.3, 0.4) is 0 Å². The third-order valence-electron chi connectivity index (χ3n) is 2.20.